The fourth-order valence-electron chi connectivity index (χ4n) is 3.73. The molecule has 0 spiro atoms. The van der Waals surface area contributed by atoms with E-state index in [0.29, 0.717) is 23.8 Å². The molecule has 1 saturated heterocycles. The molecule has 0 bridgehead atoms. The number of anilines is 2. The summed E-state index contributed by atoms with van der Waals surface area (Å²) in [5.41, 5.74) is 5.03. The average molecular weight is 463 g/mol. The highest BCUT2D eigenvalue weighted by atomic mass is 16.8. The molecule has 3 aromatic rings. The Balaban J connectivity index is 1.50. The zero-order chi connectivity index (χ0) is 23.9. The van der Waals surface area contributed by atoms with Crippen molar-refractivity contribution in [2.75, 3.05) is 32.3 Å². The lowest BCUT2D eigenvalue weighted by Gasteiger charge is -2.23. The molecular formula is C25H26N4O5. The number of carbonyl (C=O) groups is 1. The van der Waals surface area contributed by atoms with E-state index in [2.05, 4.69) is 16.5 Å². The number of fused-ring (bicyclic) bond motifs is 1. The molecule has 2 heterocycles. The quantitative estimate of drug-likeness (QED) is 0.504. The summed E-state index contributed by atoms with van der Waals surface area (Å²) in [4.78, 5) is 23.8. The van der Waals surface area contributed by atoms with E-state index in [1.54, 1.807) is 18.2 Å². The number of hydrogen-bond acceptors (Lipinski definition) is 8. The number of nitrogens with zero attached hydrogens (tertiary/aromatic N) is 3. The van der Waals surface area contributed by atoms with Crippen LogP contribution in [0.1, 0.15) is 25.0 Å². The van der Waals surface area contributed by atoms with Gasteiger partial charge in [0.2, 0.25) is 0 Å². The molecule has 0 saturated carbocycles. The van der Waals surface area contributed by atoms with Gasteiger partial charge < -0.3 is 19.1 Å². The van der Waals surface area contributed by atoms with E-state index < -0.39 is 12.2 Å². The summed E-state index contributed by atoms with van der Waals surface area (Å²) in [5.74, 6) is 0.447. The third-order valence-corrected chi connectivity index (χ3v) is 5.51. The number of hydrogen-bond donors (Lipinski definition) is 1. The van der Waals surface area contributed by atoms with Gasteiger partial charge in [0.05, 0.1) is 18.3 Å². The van der Waals surface area contributed by atoms with Crippen LogP contribution >= 0.6 is 0 Å². The van der Waals surface area contributed by atoms with Gasteiger partial charge in [0.15, 0.2) is 24.4 Å². The fraction of sp³-hybridized carbons (Fsp3) is 0.320. The number of hydroxylamine groups is 1. The highest BCUT2D eigenvalue weighted by Gasteiger charge is 2.17. The normalized spacial score (nSPS) is 15.4. The first kappa shape index (κ1) is 23.3. The van der Waals surface area contributed by atoms with Crippen molar-refractivity contribution in [3.8, 4) is 17.6 Å². The molecule has 2 aromatic carbocycles. The van der Waals surface area contributed by atoms with Crippen molar-refractivity contribution in [3.63, 3.8) is 0 Å². The summed E-state index contributed by atoms with van der Waals surface area (Å²) in [6.07, 6.45) is 2.30. The molecule has 1 unspecified atom stereocenters. The molecular weight excluding hydrogens is 436 g/mol. The molecule has 1 atom stereocenters. The van der Waals surface area contributed by atoms with Gasteiger partial charge in [-0.1, -0.05) is 18.2 Å². The first-order chi connectivity index (χ1) is 16.6. The molecule has 176 valence electrons. The lowest BCUT2D eigenvalue weighted by molar-refractivity contribution is -0.201. The van der Waals surface area contributed by atoms with Crippen LogP contribution < -0.4 is 19.9 Å². The van der Waals surface area contributed by atoms with Gasteiger partial charge in [-0.15, -0.1) is 0 Å². The standard InChI is InChI=1S/C25H26N4O5/c1-29(21-13-17(15-26)27-20-8-4-3-7-19(20)21)18-10-11-22(31-2)23(14-18)33-16-24(30)28-34-25-9-5-6-12-32-25/h3-4,7-8,10-11,13-14,25H,5-6,9,12,16H2,1-2H3,(H,28,30). The van der Waals surface area contributed by atoms with Gasteiger partial charge in [-0.25, -0.2) is 15.3 Å². The lowest BCUT2D eigenvalue weighted by Crippen LogP contribution is -2.35. The SMILES string of the molecule is COc1ccc(N(C)c2cc(C#N)nc3ccccc23)cc1OCC(=O)NOC1CCCCO1. The van der Waals surface area contributed by atoms with E-state index in [1.165, 1.54) is 7.11 Å². The van der Waals surface area contributed by atoms with Crippen LogP contribution in [0.25, 0.3) is 10.9 Å². The van der Waals surface area contributed by atoms with Crippen LogP contribution in [0, 0.1) is 11.3 Å². The zero-order valence-electron chi connectivity index (χ0n) is 19.1. The monoisotopic (exact) mass is 462 g/mol. The van der Waals surface area contributed by atoms with E-state index in [1.807, 2.05) is 42.3 Å². The van der Waals surface area contributed by atoms with Crippen LogP contribution in [0.15, 0.2) is 48.5 Å². The zero-order valence-corrected chi connectivity index (χ0v) is 19.1. The Kier molecular flexibility index (Phi) is 7.42. The van der Waals surface area contributed by atoms with Gasteiger partial charge in [0.1, 0.15) is 11.8 Å². The number of methoxy groups -OCH3 is 1. The number of pyridine rings is 1. The molecule has 0 aliphatic carbocycles. The molecule has 9 heteroatoms. The molecule has 1 aliphatic heterocycles. The Morgan fingerprint density at radius 3 is 2.85 bits per heavy atom. The van der Waals surface area contributed by atoms with E-state index >= 15 is 0 Å². The van der Waals surface area contributed by atoms with Crippen molar-refractivity contribution < 1.29 is 23.8 Å². The molecule has 9 nitrogen and oxygen atoms in total. The van der Waals surface area contributed by atoms with E-state index in [-0.39, 0.29) is 6.61 Å². The summed E-state index contributed by atoms with van der Waals surface area (Å²) in [5, 5.41) is 10.3. The molecule has 4 rings (SSSR count). The van der Waals surface area contributed by atoms with E-state index in [0.717, 1.165) is 41.5 Å². The number of nitrogens with one attached hydrogen (secondary N) is 1. The topological polar surface area (TPSA) is 106 Å². The lowest BCUT2D eigenvalue weighted by atomic mass is 10.1. The number of rotatable bonds is 8. The Morgan fingerprint density at radius 2 is 2.09 bits per heavy atom. The molecule has 1 aliphatic rings. The van der Waals surface area contributed by atoms with Crippen molar-refractivity contribution >= 4 is 28.2 Å². The second-order valence-corrected chi connectivity index (χ2v) is 7.78. The average Bonchev–Trinajstić information content (AvgIpc) is 2.90. The second-order valence-electron chi connectivity index (χ2n) is 7.78. The Labute approximate surface area is 197 Å². The number of benzene rings is 2. The molecule has 34 heavy (non-hydrogen) atoms. The van der Waals surface area contributed by atoms with Crippen molar-refractivity contribution in [2.45, 2.75) is 25.6 Å². The molecule has 1 fully saturated rings. The van der Waals surface area contributed by atoms with Crippen LogP contribution in [0.2, 0.25) is 0 Å². The maximum Gasteiger partial charge on any atom is 0.281 e. The fourth-order valence-corrected chi connectivity index (χ4v) is 3.73. The van der Waals surface area contributed by atoms with Crippen LogP contribution in [-0.2, 0) is 14.4 Å². The minimum atomic E-state index is -0.436. The van der Waals surface area contributed by atoms with Gasteiger partial charge in [-0.05, 0) is 37.1 Å². The van der Waals surface area contributed by atoms with E-state index in [9.17, 15) is 10.1 Å². The van der Waals surface area contributed by atoms with Crippen LogP contribution in [0.4, 0.5) is 11.4 Å². The smallest absolute Gasteiger partial charge is 0.281 e. The first-order valence-electron chi connectivity index (χ1n) is 11.0. The first-order valence-corrected chi connectivity index (χ1v) is 11.0. The number of carbonyl (C=O) groups excluding carboxylic acids is 1. The summed E-state index contributed by atoms with van der Waals surface area (Å²) in [7, 11) is 3.42. The third-order valence-electron chi connectivity index (χ3n) is 5.51. The predicted octanol–water partition coefficient (Wildman–Crippen LogP) is 3.84. The van der Waals surface area contributed by atoms with Crippen LogP contribution in [-0.4, -0.2) is 44.6 Å². The minimum absolute atomic E-state index is 0.257. The Bertz CT molecular complexity index is 1200. The molecule has 1 amide bonds. The molecule has 0 radical (unpaired) electrons. The number of aromatic nitrogens is 1. The molecule has 1 aromatic heterocycles. The van der Waals surface area contributed by atoms with Crippen molar-refractivity contribution in [2.24, 2.45) is 0 Å². The maximum atomic E-state index is 12.2. The number of para-hydroxylation sites is 1. The van der Waals surface area contributed by atoms with Gasteiger partial charge in [0, 0.05) is 37.2 Å². The Morgan fingerprint density at radius 1 is 1.24 bits per heavy atom. The summed E-state index contributed by atoms with van der Waals surface area (Å²) >= 11 is 0. The number of nitriles is 1. The van der Waals surface area contributed by atoms with Crippen molar-refractivity contribution in [1.29, 1.82) is 5.26 Å². The third kappa shape index (κ3) is 5.36. The van der Waals surface area contributed by atoms with Crippen LogP contribution in [0.3, 0.4) is 0 Å². The van der Waals surface area contributed by atoms with E-state index in [4.69, 9.17) is 19.0 Å². The highest BCUT2D eigenvalue weighted by molar-refractivity contribution is 5.94. The van der Waals surface area contributed by atoms with Gasteiger partial charge >= 0.3 is 0 Å². The Hall–Kier alpha value is -3.87. The molecule has 1 N–H and O–H groups in total. The maximum absolute atomic E-state index is 12.2. The highest BCUT2D eigenvalue weighted by Crippen LogP contribution is 2.36. The summed E-state index contributed by atoms with van der Waals surface area (Å²) < 4.78 is 16.6. The predicted molar refractivity (Wildman–Crippen MR) is 126 cm³/mol. The summed E-state index contributed by atoms with van der Waals surface area (Å²) in [6.45, 7) is 0.365. The second kappa shape index (κ2) is 10.8. The van der Waals surface area contributed by atoms with Gasteiger partial charge in [-0.2, -0.15) is 5.26 Å². The van der Waals surface area contributed by atoms with Crippen molar-refractivity contribution in [3.05, 3.63) is 54.2 Å². The van der Waals surface area contributed by atoms with Crippen molar-refractivity contribution in [1.82, 2.24) is 10.5 Å². The van der Waals surface area contributed by atoms with Crippen LogP contribution in [0.5, 0.6) is 11.5 Å². The largest absolute Gasteiger partial charge is 0.493 e. The number of ether oxygens (including phenoxy) is 3. The summed E-state index contributed by atoms with van der Waals surface area (Å²) in [6, 6.07) is 16.9. The van der Waals surface area contributed by atoms with Gasteiger partial charge in [0.25, 0.3) is 5.91 Å². The minimum Gasteiger partial charge on any atom is -0.493 e. The van der Waals surface area contributed by atoms with Gasteiger partial charge in [-0.3, -0.25) is 4.79 Å². The number of amides is 1.